The SMILES string of the molecule is O=C(O)c1cnc(-c2ccccc2)cc1-c1ncccc1C(=O)O. The molecule has 6 heteroatoms. The van der Waals surface area contributed by atoms with Crippen molar-refractivity contribution in [1.29, 1.82) is 0 Å². The fourth-order valence-corrected chi connectivity index (χ4v) is 2.38. The third-order valence-electron chi connectivity index (χ3n) is 3.50. The Morgan fingerprint density at radius 3 is 2.21 bits per heavy atom. The van der Waals surface area contributed by atoms with Crippen LogP contribution in [0.25, 0.3) is 22.5 Å². The maximum atomic E-state index is 11.5. The van der Waals surface area contributed by atoms with Crippen molar-refractivity contribution in [2.45, 2.75) is 0 Å². The molecule has 1 aromatic carbocycles. The summed E-state index contributed by atoms with van der Waals surface area (Å²) in [6.07, 6.45) is 2.65. The smallest absolute Gasteiger partial charge is 0.337 e. The molecule has 0 radical (unpaired) electrons. The normalized spacial score (nSPS) is 10.3. The minimum Gasteiger partial charge on any atom is -0.478 e. The molecule has 3 aromatic rings. The molecule has 118 valence electrons. The van der Waals surface area contributed by atoms with Crippen LogP contribution in [0.15, 0.2) is 60.9 Å². The molecular weight excluding hydrogens is 308 g/mol. The number of hydrogen-bond acceptors (Lipinski definition) is 4. The van der Waals surface area contributed by atoms with E-state index in [1.54, 1.807) is 6.07 Å². The summed E-state index contributed by atoms with van der Waals surface area (Å²) in [5, 5.41) is 18.7. The maximum absolute atomic E-state index is 11.5. The maximum Gasteiger partial charge on any atom is 0.337 e. The Morgan fingerprint density at radius 1 is 0.833 bits per heavy atom. The minimum atomic E-state index is -1.20. The van der Waals surface area contributed by atoms with Gasteiger partial charge in [-0.25, -0.2) is 9.59 Å². The summed E-state index contributed by atoms with van der Waals surface area (Å²) in [6.45, 7) is 0. The lowest BCUT2D eigenvalue weighted by Crippen LogP contribution is -2.06. The molecular formula is C18H12N2O4. The van der Waals surface area contributed by atoms with Crippen molar-refractivity contribution in [1.82, 2.24) is 9.97 Å². The zero-order valence-corrected chi connectivity index (χ0v) is 12.4. The van der Waals surface area contributed by atoms with Crippen LogP contribution in [0.1, 0.15) is 20.7 Å². The van der Waals surface area contributed by atoms with Crippen molar-refractivity contribution in [3.8, 4) is 22.5 Å². The topological polar surface area (TPSA) is 100 Å². The van der Waals surface area contributed by atoms with Crippen LogP contribution in [-0.4, -0.2) is 32.1 Å². The molecule has 0 fully saturated rings. The van der Waals surface area contributed by atoms with Crippen molar-refractivity contribution < 1.29 is 19.8 Å². The van der Waals surface area contributed by atoms with E-state index in [9.17, 15) is 19.8 Å². The molecule has 0 saturated heterocycles. The number of carboxylic acid groups (broad SMARTS) is 2. The number of nitrogens with zero attached hydrogens (tertiary/aromatic N) is 2. The number of benzene rings is 1. The summed E-state index contributed by atoms with van der Waals surface area (Å²) in [5.41, 5.74) is 1.48. The Balaban J connectivity index is 2.26. The molecule has 0 aliphatic carbocycles. The summed E-state index contributed by atoms with van der Waals surface area (Å²) in [7, 11) is 0. The van der Waals surface area contributed by atoms with E-state index in [0.717, 1.165) is 5.56 Å². The highest BCUT2D eigenvalue weighted by Crippen LogP contribution is 2.29. The van der Waals surface area contributed by atoms with Gasteiger partial charge in [0.2, 0.25) is 0 Å². The van der Waals surface area contributed by atoms with Gasteiger partial charge in [-0.2, -0.15) is 0 Å². The van der Waals surface area contributed by atoms with Gasteiger partial charge in [-0.05, 0) is 18.2 Å². The summed E-state index contributed by atoms with van der Waals surface area (Å²) in [5.74, 6) is -2.37. The fraction of sp³-hybridized carbons (Fsp3) is 0. The number of carboxylic acids is 2. The Bertz CT molecular complexity index is 923. The van der Waals surface area contributed by atoms with Gasteiger partial charge < -0.3 is 10.2 Å². The Labute approximate surface area is 137 Å². The monoisotopic (exact) mass is 320 g/mol. The number of carbonyl (C=O) groups is 2. The second kappa shape index (κ2) is 6.29. The first-order valence-electron chi connectivity index (χ1n) is 7.05. The lowest BCUT2D eigenvalue weighted by atomic mass is 9.99. The fourth-order valence-electron chi connectivity index (χ4n) is 2.38. The highest BCUT2D eigenvalue weighted by Gasteiger charge is 2.20. The average molecular weight is 320 g/mol. The summed E-state index contributed by atoms with van der Waals surface area (Å²) in [4.78, 5) is 31.2. The molecule has 0 atom stereocenters. The number of pyridine rings is 2. The molecule has 0 aliphatic heterocycles. The Morgan fingerprint density at radius 2 is 1.54 bits per heavy atom. The van der Waals surface area contributed by atoms with E-state index >= 15 is 0 Å². The standard InChI is InChI=1S/C18H12N2O4/c21-17(22)12-7-4-8-19-16(12)13-9-15(11-5-2-1-3-6-11)20-10-14(13)18(23)24/h1-10H,(H,21,22)(H,23,24). The first-order chi connectivity index (χ1) is 11.6. The van der Waals surface area contributed by atoms with Crippen molar-refractivity contribution >= 4 is 11.9 Å². The van der Waals surface area contributed by atoms with Gasteiger partial charge in [-0.15, -0.1) is 0 Å². The van der Waals surface area contributed by atoms with E-state index in [2.05, 4.69) is 9.97 Å². The second-order valence-electron chi connectivity index (χ2n) is 4.99. The molecule has 0 unspecified atom stereocenters. The molecule has 2 aromatic heterocycles. The predicted octanol–water partition coefficient (Wildman–Crippen LogP) is 3.21. The van der Waals surface area contributed by atoms with Crippen molar-refractivity contribution in [3.63, 3.8) is 0 Å². The molecule has 0 bridgehead atoms. The molecule has 0 saturated carbocycles. The van der Waals surface area contributed by atoms with Crippen LogP contribution in [0, 0.1) is 0 Å². The Kier molecular flexibility index (Phi) is 4.03. The van der Waals surface area contributed by atoms with E-state index in [4.69, 9.17) is 0 Å². The largest absolute Gasteiger partial charge is 0.478 e. The lowest BCUT2D eigenvalue weighted by molar-refractivity contribution is 0.0683. The summed E-state index contributed by atoms with van der Waals surface area (Å²) < 4.78 is 0. The van der Waals surface area contributed by atoms with Gasteiger partial charge >= 0.3 is 11.9 Å². The van der Waals surface area contributed by atoms with Crippen LogP contribution < -0.4 is 0 Å². The van der Waals surface area contributed by atoms with Gasteiger partial charge in [-0.1, -0.05) is 30.3 Å². The van der Waals surface area contributed by atoms with Crippen molar-refractivity contribution in [3.05, 3.63) is 72.1 Å². The van der Waals surface area contributed by atoms with Gasteiger partial charge in [0.1, 0.15) is 0 Å². The van der Waals surface area contributed by atoms with Crippen LogP contribution in [0.2, 0.25) is 0 Å². The summed E-state index contributed by atoms with van der Waals surface area (Å²) in [6, 6.07) is 13.6. The van der Waals surface area contributed by atoms with Crippen LogP contribution in [-0.2, 0) is 0 Å². The third-order valence-corrected chi connectivity index (χ3v) is 3.50. The highest BCUT2D eigenvalue weighted by molar-refractivity contribution is 6.01. The third kappa shape index (κ3) is 2.85. The molecule has 2 heterocycles. The van der Waals surface area contributed by atoms with Gasteiger partial charge in [-0.3, -0.25) is 9.97 Å². The lowest BCUT2D eigenvalue weighted by Gasteiger charge is -2.10. The van der Waals surface area contributed by atoms with Crippen LogP contribution >= 0.6 is 0 Å². The van der Waals surface area contributed by atoms with E-state index in [-0.39, 0.29) is 22.4 Å². The molecule has 0 amide bonds. The van der Waals surface area contributed by atoms with E-state index in [1.807, 2.05) is 30.3 Å². The van der Waals surface area contributed by atoms with Crippen LogP contribution in [0.3, 0.4) is 0 Å². The van der Waals surface area contributed by atoms with E-state index in [1.165, 1.54) is 24.5 Å². The van der Waals surface area contributed by atoms with Gasteiger partial charge in [0.15, 0.2) is 0 Å². The average Bonchev–Trinajstić information content (AvgIpc) is 2.62. The van der Waals surface area contributed by atoms with Crippen LogP contribution in [0.4, 0.5) is 0 Å². The van der Waals surface area contributed by atoms with Crippen molar-refractivity contribution in [2.75, 3.05) is 0 Å². The molecule has 0 spiro atoms. The molecule has 24 heavy (non-hydrogen) atoms. The first kappa shape index (κ1) is 15.4. The zero-order chi connectivity index (χ0) is 17.1. The zero-order valence-electron chi connectivity index (χ0n) is 12.4. The van der Waals surface area contributed by atoms with E-state index < -0.39 is 11.9 Å². The molecule has 6 nitrogen and oxygen atoms in total. The molecule has 2 N–H and O–H groups in total. The molecule has 3 rings (SSSR count). The Hall–Kier alpha value is -3.54. The number of aromatic carboxylic acids is 2. The number of aromatic nitrogens is 2. The number of rotatable bonds is 4. The van der Waals surface area contributed by atoms with Crippen molar-refractivity contribution in [2.24, 2.45) is 0 Å². The minimum absolute atomic E-state index is 0.0646. The van der Waals surface area contributed by atoms with Gasteiger partial charge in [0, 0.05) is 23.5 Å². The van der Waals surface area contributed by atoms with E-state index in [0.29, 0.717) is 5.69 Å². The predicted molar refractivity (Wildman–Crippen MR) is 86.8 cm³/mol. The highest BCUT2D eigenvalue weighted by atomic mass is 16.4. The van der Waals surface area contributed by atoms with Crippen LogP contribution in [0.5, 0.6) is 0 Å². The van der Waals surface area contributed by atoms with Gasteiger partial charge in [0.25, 0.3) is 0 Å². The summed E-state index contributed by atoms with van der Waals surface area (Å²) >= 11 is 0. The molecule has 0 aliphatic rings. The quantitative estimate of drug-likeness (QED) is 0.765. The first-order valence-corrected chi connectivity index (χ1v) is 7.05. The van der Waals surface area contributed by atoms with Gasteiger partial charge in [0.05, 0.1) is 22.5 Å². The second-order valence-corrected chi connectivity index (χ2v) is 4.99. The number of hydrogen-bond donors (Lipinski definition) is 2.